The SMILES string of the molecule is NC(=O)CC[C@H](NC(=O)[C@H](CCC(N)=O)NC(=O)Cc1ccc(N=Nc2ccccc2)cc1)C(=O)O. The molecule has 190 valence electrons. The van der Waals surface area contributed by atoms with Crippen molar-refractivity contribution < 1.29 is 29.1 Å². The molecule has 12 nitrogen and oxygen atoms in total. The van der Waals surface area contributed by atoms with Crippen molar-refractivity contribution in [1.82, 2.24) is 10.6 Å². The first-order chi connectivity index (χ1) is 17.1. The van der Waals surface area contributed by atoms with Crippen molar-refractivity contribution in [3.05, 3.63) is 60.2 Å². The highest BCUT2D eigenvalue weighted by Gasteiger charge is 2.27. The Kier molecular flexibility index (Phi) is 10.7. The van der Waals surface area contributed by atoms with Gasteiger partial charge in [0, 0.05) is 12.8 Å². The quantitative estimate of drug-likeness (QED) is 0.243. The number of rotatable bonds is 14. The second-order valence-electron chi connectivity index (χ2n) is 7.91. The van der Waals surface area contributed by atoms with Crippen molar-refractivity contribution in [3.8, 4) is 0 Å². The Labute approximate surface area is 207 Å². The van der Waals surface area contributed by atoms with Crippen LogP contribution in [0.4, 0.5) is 11.4 Å². The Morgan fingerprint density at radius 1 is 0.750 bits per heavy atom. The predicted molar refractivity (Wildman–Crippen MR) is 129 cm³/mol. The number of benzene rings is 2. The van der Waals surface area contributed by atoms with Crippen LogP contribution >= 0.6 is 0 Å². The molecular formula is C24H28N6O6. The molecule has 0 aliphatic rings. The van der Waals surface area contributed by atoms with Gasteiger partial charge >= 0.3 is 5.97 Å². The van der Waals surface area contributed by atoms with Crippen molar-refractivity contribution in [2.45, 2.75) is 44.2 Å². The number of nitrogens with zero attached hydrogens (tertiary/aromatic N) is 2. The number of carbonyl (C=O) groups is 5. The third kappa shape index (κ3) is 10.1. The van der Waals surface area contributed by atoms with E-state index in [1.54, 1.807) is 24.3 Å². The summed E-state index contributed by atoms with van der Waals surface area (Å²) in [5, 5.41) is 22.3. The lowest BCUT2D eigenvalue weighted by molar-refractivity contribution is -0.142. The van der Waals surface area contributed by atoms with Gasteiger partial charge in [-0.2, -0.15) is 10.2 Å². The van der Waals surface area contributed by atoms with E-state index in [2.05, 4.69) is 20.9 Å². The minimum atomic E-state index is -1.39. The van der Waals surface area contributed by atoms with Gasteiger partial charge in [-0.15, -0.1) is 0 Å². The molecule has 0 saturated carbocycles. The molecule has 36 heavy (non-hydrogen) atoms. The molecule has 0 spiro atoms. The Bertz CT molecular complexity index is 1100. The first-order valence-electron chi connectivity index (χ1n) is 11.1. The van der Waals surface area contributed by atoms with Crippen molar-refractivity contribution in [2.24, 2.45) is 21.7 Å². The largest absolute Gasteiger partial charge is 0.480 e. The maximum Gasteiger partial charge on any atom is 0.326 e. The van der Waals surface area contributed by atoms with Crippen molar-refractivity contribution in [2.75, 3.05) is 0 Å². The van der Waals surface area contributed by atoms with E-state index in [0.717, 1.165) is 0 Å². The Morgan fingerprint density at radius 3 is 1.81 bits per heavy atom. The van der Waals surface area contributed by atoms with Crippen LogP contribution in [0.3, 0.4) is 0 Å². The second-order valence-corrected chi connectivity index (χ2v) is 7.91. The van der Waals surface area contributed by atoms with Crippen LogP contribution in [-0.2, 0) is 30.4 Å². The zero-order chi connectivity index (χ0) is 26.5. The summed E-state index contributed by atoms with van der Waals surface area (Å²) in [6, 6.07) is 13.3. The highest BCUT2D eigenvalue weighted by Crippen LogP contribution is 2.18. The first-order valence-corrected chi connectivity index (χ1v) is 11.1. The monoisotopic (exact) mass is 496 g/mol. The van der Waals surface area contributed by atoms with Gasteiger partial charge in [-0.3, -0.25) is 19.2 Å². The molecule has 0 heterocycles. The Hall–Kier alpha value is -4.61. The molecule has 0 aliphatic carbocycles. The number of hydrogen-bond acceptors (Lipinski definition) is 7. The van der Waals surface area contributed by atoms with Gasteiger partial charge in [-0.25, -0.2) is 4.79 Å². The van der Waals surface area contributed by atoms with Crippen LogP contribution in [0.15, 0.2) is 64.8 Å². The average molecular weight is 497 g/mol. The van der Waals surface area contributed by atoms with Gasteiger partial charge in [0.2, 0.25) is 23.6 Å². The smallest absolute Gasteiger partial charge is 0.326 e. The van der Waals surface area contributed by atoms with Crippen LogP contribution < -0.4 is 22.1 Å². The minimum Gasteiger partial charge on any atom is -0.480 e. The summed E-state index contributed by atoms with van der Waals surface area (Å²) in [6.45, 7) is 0. The number of carbonyl (C=O) groups excluding carboxylic acids is 4. The highest BCUT2D eigenvalue weighted by atomic mass is 16.4. The van der Waals surface area contributed by atoms with E-state index < -0.39 is 41.7 Å². The molecule has 12 heteroatoms. The summed E-state index contributed by atoms with van der Waals surface area (Å²) in [5.41, 5.74) is 12.1. The number of primary amides is 2. The highest BCUT2D eigenvalue weighted by molar-refractivity contribution is 5.91. The Morgan fingerprint density at radius 2 is 1.28 bits per heavy atom. The van der Waals surface area contributed by atoms with Gasteiger partial charge in [0.25, 0.3) is 0 Å². The maximum atomic E-state index is 12.7. The Balaban J connectivity index is 2.00. The van der Waals surface area contributed by atoms with E-state index in [4.69, 9.17) is 11.5 Å². The van der Waals surface area contributed by atoms with Crippen LogP contribution in [0.1, 0.15) is 31.2 Å². The second kappa shape index (κ2) is 13.9. The number of azo groups is 1. The lowest BCUT2D eigenvalue weighted by Gasteiger charge is -2.21. The van der Waals surface area contributed by atoms with E-state index in [0.29, 0.717) is 16.9 Å². The van der Waals surface area contributed by atoms with Crippen LogP contribution in [0.5, 0.6) is 0 Å². The molecule has 4 amide bonds. The molecule has 7 N–H and O–H groups in total. The molecule has 0 radical (unpaired) electrons. The number of nitrogens with two attached hydrogens (primary N) is 2. The van der Waals surface area contributed by atoms with Crippen LogP contribution in [0, 0.1) is 0 Å². The topological polar surface area (TPSA) is 206 Å². The first kappa shape index (κ1) is 27.6. The summed E-state index contributed by atoms with van der Waals surface area (Å²) in [5.74, 6) is -4.12. The van der Waals surface area contributed by atoms with Gasteiger partial charge in [0.15, 0.2) is 0 Å². The lowest BCUT2D eigenvalue weighted by atomic mass is 10.1. The van der Waals surface area contributed by atoms with E-state index in [1.807, 2.05) is 30.3 Å². The molecule has 0 aromatic heterocycles. The fourth-order valence-corrected chi connectivity index (χ4v) is 3.09. The van der Waals surface area contributed by atoms with Crippen LogP contribution in [0.2, 0.25) is 0 Å². The molecule has 2 aromatic rings. The molecule has 0 aliphatic heterocycles. The number of nitrogens with one attached hydrogen (secondary N) is 2. The van der Waals surface area contributed by atoms with Gasteiger partial charge in [0.1, 0.15) is 12.1 Å². The van der Waals surface area contributed by atoms with E-state index >= 15 is 0 Å². The zero-order valence-corrected chi connectivity index (χ0v) is 19.4. The van der Waals surface area contributed by atoms with E-state index in [-0.39, 0.29) is 32.1 Å². The number of carboxylic acids is 1. The number of hydrogen-bond donors (Lipinski definition) is 5. The van der Waals surface area contributed by atoms with E-state index in [1.165, 1.54) is 0 Å². The maximum absolute atomic E-state index is 12.7. The summed E-state index contributed by atoms with van der Waals surface area (Å²) in [4.78, 5) is 58.8. The molecule has 2 aromatic carbocycles. The third-order valence-electron chi connectivity index (χ3n) is 4.96. The number of aliphatic carboxylic acids is 1. The standard InChI is InChI=1S/C24H28N6O6/c25-20(31)12-10-18(23(34)28-19(24(35)36)11-13-21(26)32)27-22(33)14-15-6-8-17(9-7-15)30-29-16-4-2-1-3-5-16/h1-9,18-19H,10-14H2,(H2,25,31)(H2,26,32)(H,27,33)(H,28,34)(H,35,36)/t18-,19-/m0/s1. The van der Waals surface area contributed by atoms with Crippen LogP contribution in [0.25, 0.3) is 0 Å². The van der Waals surface area contributed by atoms with Crippen molar-refractivity contribution >= 4 is 41.0 Å². The fourth-order valence-electron chi connectivity index (χ4n) is 3.09. The van der Waals surface area contributed by atoms with Gasteiger partial charge in [-0.05, 0) is 42.7 Å². The van der Waals surface area contributed by atoms with E-state index in [9.17, 15) is 29.1 Å². The summed E-state index contributed by atoms with van der Waals surface area (Å²) >= 11 is 0. The molecule has 0 unspecified atom stereocenters. The predicted octanol–water partition coefficient (Wildman–Crippen LogP) is 1.23. The molecule has 0 fully saturated rings. The number of amides is 4. The molecule has 2 rings (SSSR count). The normalized spacial score (nSPS) is 12.4. The van der Waals surface area contributed by atoms with Gasteiger partial charge in [0.05, 0.1) is 17.8 Å². The molecule has 0 saturated heterocycles. The third-order valence-corrected chi connectivity index (χ3v) is 4.96. The van der Waals surface area contributed by atoms with Gasteiger partial charge in [-0.1, -0.05) is 30.3 Å². The molecular weight excluding hydrogens is 468 g/mol. The molecule has 0 bridgehead atoms. The molecule has 2 atom stereocenters. The summed E-state index contributed by atoms with van der Waals surface area (Å²) in [7, 11) is 0. The van der Waals surface area contributed by atoms with Gasteiger partial charge < -0.3 is 27.2 Å². The van der Waals surface area contributed by atoms with Crippen LogP contribution in [-0.4, -0.2) is 46.8 Å². The average Bonchev–Trinajstić information content (AvgIpc) is 2.84. The van der Waals surface area contributed by atoms with Crippen molar-refractivity contribution in [3.63, 3.8) is 0 Å². The zero-order valence-electron chi connectivity index (χ0n) is 19.4. The lowest BCUT2D eigenvalue weighted by Crippen LogP contribution is -2.52. The summed E-state index contributed by atoms with van der Waals surface area (Å²) in [6.07, 6.45) is -0.899. The summed E-state index contributed by atoms with van der Waals surface area (Å²) < 4.78 is 0. The fraction of sp³-hybridized carbons (Fsp3) is 0.292. The minimum absolute atomic E-state index is 0.0828. The van der Waals surface area contributed by atoms with Crippen molar-refractivity contribution in [1.29, 1.82) is 0 Å². The number of carboxylic acid groups (broad SMARTS) is 1.